The average Bonchev–Trinajstić information content (AvgIpc) is 2.70. The van der Waals surface area contributed by atoms with E-state index in [4.69, 9.17) is 0 Å². The minimum atomic E-state index is -9.27. The summed E-state index contributed by atoms with van der Waals surface area (Å²) in [4.78, 5) is 11.0. The number of hydrogen-bond donors (Lipinski definition) is 1. The van der Waals surface area contributed by atoms with E-state index in [1.165, 1.54) is 0 Å². The Kier molecular flexibility index (Phi) is 9.29. The molecule has 5 nitrogen and oxygen atoms in total. The van der Waals surface area contributed by atoms with Crippen molar-refractivity contribution >= 4 is 16.0 Å². The predicted molar refractivity (Wildman–Crippen MR) is 83.5 cm³/mol. The van der Waals surface area contributed by atoms with E-state index in [0.717, 1.165) is 0 Å². The Morgan fingerprint density at radius 2 is 0.854 bits per heavy atom. The van der Waals surface area contributed by atoms with Crippen LogP contribution in [-0.2, 0) is 19.6 Å². The van der Waals surface area contributed by atoms with Crippen molar-refractivity contribution in [3.05, 3.63) is 12.2 Å². The molecule has 0 aliphatic heterocycles. The van der Waals surface area contributed by atoms with E-state index in [2.05, 4.69) is 11.3 Å². The Balaban J connectivity index is 7.17. The molecule has 27 heteroatoms. The van der Waals surface area contributed by atoms with Crippen molar-refractivity contribution in [3.8, 4) is 0 Å². The Hall–Kier alpha value is -2.35. The summed E-state index contributed by atoms with van der Waals surface area (Å²) >= 11 is 0. The molecule has 0 amide bonds. The van der Waals surface area contributed by atoms with Crippen LogP contribution in [0.25, 0.3) is 0 Å². The van der Waals surface area contributed by atoms with Crippen LogP contribution in [0, 0.1) is 0 Å². The van der Waals surface area contributed by atoms with Crippen molar-refractivity contribution in [2.45, 2.75) is 66.0 Å². The number of rotatable bonds is 11. The number of ether oxygens (including phenoxy) is 1. The van der Waals surface area contributed by atoms with Gasteiger partial charge in [-0.1, -0.05) is 6.58 Å². The van der Waals surface area contributed by atoms with Crippen LogP contribution < -0.4 is 4.72 Å². The molecule has 0 fully saturated rings. The molecular weight excluding hydrogens is 677 g/mol. The summed E-state index contributed by atoms with van der Waals surface area (Å²) in [7, 11) is -8.81. The third kappa shape index (κ3) is 5.46. The Bertz CT molecular complexity index is 1140. The van der Waals surface area contributed by atoms with Gasteiger partial charge in [0.2, 0.25) is 0 Å². The van der Waals surface area contributed by atoms with Gasteiger partial charge in [0, 0.05) is 5.57 Å². The zero-order valence-electron chi connectivity index (χ0n) is 18.2. The van der Waals surface area contributed by atoms with Gasteiger partial charge in [-0.05, 0) is 6.92 Å². The quantitative estimate of drug-likeness (QED) is 0.0930. The summed E-state index contributed by atoms with van der Waals surface area (Å²) in [5.74, 6) is -63.7. The monoisotopic (exact) mass is 683 g/mol. The fraction of sp³-hybridized carbons (Fsp3) is 0.786. The summed E-state index contributed by atoms with van der Waals surface area (Å²) in [6.45, 7) is 2.76. The van der Waals surface area contributed by atoms with Crippen LogP contribution >= 0.6 is 0 Å². The standard InChI is InChI=1S/C14H6F21NO4S/c1-3(2)4(37)40-14(35,12(30,31)32)36-41(38,39)13(33,34)10(25,26)8(21,22)6(17,18)5(15,16)7(19,20)9(23,24)11(27,28)29/h36H,1H2,2H3. The molecule has 0 aromatic carbocycles. The lowest BCUT2D eigenvalue weighted by molar-refractivity contribution is -0.458. The van der Waals surface area contributed by atoms with Gasteiger partial charge in [0.15, 0.2) is 0 Å². The highest BCUT2D eigenvalue weighted by Gasteiger charge is 2.96. The number of carbonyl (C=O) groups is 1. The Morgan fingerprint density at radius 3 is 1.12 bits per heavy atom. The zero-order valence-corrected chi connectivity index (χ0v) is 19.0. The van der Waals surface area contributed by atoms with Crippen LogP contribution in [-0.4, -0.2) is 73.5 Å². The third-order valence-corrected chi connectivity index (χ3v) is 5.71. The molecule has 0 aromatic heterocycles. The number of halogens is 21. The second kappa shape index (κ2) is 9.85. The van der Waals surface area contributed by atoms with Crippen molar-refractivity contribution in [1.29, 1.82) is 0 Å². The SMILES string of the molecule is C=C(C)C(=O)OC(F)(NS(=O)(=O)C(F)(F)C(F)(F)C(F)(F)C(F)(F)C(F)(F)C(F)(F)C(F)(F)C(F)(F)F)C(F)(F)F. The van der Waals surface area contributed by atoms with Crippen LogP contribution in [0.5, 0.6) is 0 Å². The maximum atomic E-state index is 14.0. The minimum absolute atomic E-state index is 0.317. The normalized spacial score (nSPS) is 17.2. The first kappa shape index (κ1) is 38.6. The molecule has 0 aliphatic rings. The maximum absolute atomic E-state index is 14.0. The summed E-state index contributed by atoms with van der Waals surface area (Å²) in [5.41, 5.74) is -1.38. The van der Waals surface area contributed by atoms with Crippen LogP contribution in [0.15, 0.2) is 12.2 Å². The summed E-state index contributed by atoms with van der Waals surface area (Å²) < 4.78 is 301. The van der Waals surface area contributed by atoms with Gasteiger partial charge in [0.1, 0.15) is 0 Å². The molecule has 0 bridgehead atoms. The second-order valence-corrected chi connectivity index (χ2v) is 9.05. The van der Waals surface area contributed by atoms with E-state index in [1.807, 2.05) is 0 Å². The van der Waals surface area contributed by atoms with Gasteiger partial charge in [0.05, 0.1) is 0 Å². The molecule has 244 valence electrons. The molecule has 0 saturated carbocycles. The highest BCUT2D eigenvalue weighted by Crippen LogP contribution is 2.64. The molecule has 1 atom stereocenters. The van der Waals surface area contributed by atoms with E-state index in [1.54, 1.807) is 0 Å². The zero-order chi connectivity index (χ0) is 34.1. The summed E-state index contributed by atoms with van der Waals surface area (Å²) in [6.07, 6.45) is -15.3. The lowest BCUT2D eigenvalue weighted by atomic mass is 9.91. The van der Waals surface area contributed by atoms with E-state index in [0.29, 0.717) is 6.92 Å². The highest BCUT2D eigenvalue weighted by molar-refractivity contribution is 7.90. The van der Waals surface area contributed by atoms with Gasteiger partial charge < -0.3 is 4.74 Å². The number of esters is 1. The highest BCUT2D eigenvalue weighted by atomic mass is 32.2. The summed E-state index contributed by atoms with van der Waals surface area (Å²) in [5, 5.41) is -8.55. The predicted octanol–water partition coefficient (Wildman–Crippen LogP) is 6.18. The van der Waals surface area contributed by atoms with Gasteiger partial charge in [-0.3, -0.25) is 0 Å². The van der Waals surface area contributed by atoms with Crippen molar-refractivity contribution in [2.24, 2.45) is 0 Å². The third-order valence-electron chi connectivity index (χ3n) is 4.24. The molecule has 41 heavy (non-hydrogen) atoms. The van der Waals surface area contributed by atoms with E-state index in [9.17, 15) is 105 Å². The molecule has 1 unspecified atom stereocenters. The molecule has 0 saturated heterocycles. The van der Waals surface area contributed by atoms with Gasteiger partial charge in [-0.15, -0.1) is 4.72 Å². The van der Waals surface area contributed by atoms with Crippen molar-refractivity contribution in [2.75, 3.05) is 0 Å². The number of nitrogens with one attached hydrogen (secondary N) is 1. The first-order chi connectivity index (χ1) is 17.3. The largest absolute Gasteiger partial charge is 0.478 e. The Labute approximate surface area is 210 Å². The van der Waals surface area contributed by atoms with E-state index >= 15 is 0 Å². The number of sulfonamides is 1. The van der Waals surface area contributed by atoms with Gasteiger partial charge >= 0.3 is 65.1 Å². The first-order valence-corrected chi connectivity index (χ1v) is 10.2. The minimum Gasteiger partial charge on any atom is -0.403 e. The summed E-state index contributed by atoms with van der Waals surface area (Å²) in [6, 6.07) is 0. The van der Waals surface area contributed by atoms with Gasteiger partial charge in [-0.25, -0.2) is 13.2 Å². The van der Waals surface area contributed by atoms with Gasteiger partial charge in [-0.2, -0.15) is 92.2 Å². The molecule has 0 spiro atoms. The lowest BCUT2D eigenvalue weighted by Crippen LogP contribution is -2.75. The number of hydrogen-bond acceptors (Lipinski definition) is 4. The van der Waals surface area contributed by atoms with Crippen LogP contribution in [0.4, 0.5) is 92.2 Å². The Morgan fingerprint density at radius 1 is 0.561 bits per heavy atom. The second-order valence-electron chi connectivity index (χ2n) is 7.33. The van der Waals surface area contributed by atoms with Crippen molar-refractivity contribution in [3.63, 3.8) is 0 Å². The van der Waals surface area contributed by atoms with Crippen LogP contribution in [0.1, 0.15) is 6.92 Å². The van der Waals surface area contributed by atoms with Crippen molar-refractivity contribution < 1.29 is 110 Å². The van der Waals surface area contributed by atoms with E-state index < -0.39 is 85.4 Å². The van der Waals surface area contributed by atoms with Crippen LogP contribution in [0.2, 0.25) is 0 Å². The molecular formula is C14H6F21NO4S. The number of alkyl halides is 21. The fourth-order valence-corrected chi connectivity index (χ4v) is 3.00. The topological polar surface area (TPSA) is 72.5 Å². The van der Waals surface area contributed by atoms with Crippen LogP contribution in [0.3, 0.4) is 0 Å². The maximum Gasteiger partial charge on any atom is 0.478 e. The molecule has 0 rings (SSSR count). The molecule has 0 heterocycles. The molecule has 0 radical (unpaired) electrons. The van der Waals surface area contributed by atoms with Gasteiger partial charge in [0.25, 0.3) is 10.0 Å². The van der Waals surface area contributed by atoms with E-state index in [-0.39, 0.29) is 0 Å². The molecule has 1 N–H and O–H groups in total. The number of carbonyl (C=O) groups excluding carboxylic acids is 1. The smallest absolute Gasteiger partial charge is 0.403 e. The molecule has 0 aromatic rings. The van der Waals surface area contributed by atoms with Crippen molar-refractivity contribution in [1.82, 2.24) is 4.72 Å². The fourth-order valence-electron chi connectivity index (χ4n) is 1.91. The molecule has 0 aliphatic carbocycles. The average molecular weight is 683 g/mol. The first-order valence-electron chi connectivity index (χ1n) is 8.68. The lowest BCUT2D eigenvalue weighted by Gasteiger charge is -2.42.